The first-order valence-corrected chi connectivity index (χ1v) is 10.3. The van der Waals surface area contributed by atoms with Gasteiger partial charge in [-0.2, -0.15) is 0 Å². The highest BCUT2D eigenvalue weighted by Gasteiger charge is 2.21. The van der Waals surface area contributed by atoms with Crippen LogP contribution in [0.2, 0.25) is 0 Å². The molecule has 0 unspecified atom stereocenters. The molecule has 2 amide bonds. The molecule has 150 valence electrons. The molecular weight excluding hydrogens is 364 g/mol. The Morgan fingerprint density at radius 2 is 1.86 bits per heavy atom. The molecule has 0 spiro atoms. The fourth-order valence-electron chi connectivity index (χ4n) is 3.80. The average molecular weight is 390 g/mol. The van der Waals surface area contributed by atoms with Crippen LogP contribution in [0.25, 0.3) is 6.08 Å². The van der Waals surface area contributed by atoms with Crippen LogP contribution in [0.1, 0.15) is 36.8 Å². The van der Waals surface area contributed by atoms with E-state index in [1.54, 1.807) is 18.3 Å². The lowest BCUT2D eigenvalue weighted by atomic mass is 10.2. The Labute approximate surface area is 171 Å². The predicted molar refractivity (Wildman–Crippen MR) is 115 cm³/mol. The zero-order chi connectivity index (χ0) is 20.1. The number of carbonyl (C=O) groups is 2. The number of pyridine rings is 1. The van der Waals surface area contributed by atoms with Crippen molar-refractivity contribution in [1.29, 1.82) is 0 Å². The van der Waals surface area contributed by atoms with Crippen LogP contribution in [0.15, 0.2) is 48.7 Å². The summed E-state index contributed by atoms with van der Waals surface area (Å²) in [5, 5.41) is 2.92. The normalized spacial score (nSPS) is 16.8. The molecule has 4 rings (SSSR count). The van der Waals surface area contributed by atoms with Crippen molar-refractivity contribution < 1.29 is 9.59 Å². The van der Waals surface area contributed by atoms with Gasteiger partial charge in [0.1, 0.15) is 5.82 Å². The Balaban J connectivity index is 1.30. The number of nitrogens with one attached hydrogen (secondary N) is 1. The first-order valence-electron chi connectivity index (χ1n) is 10.3. The topological polar surface area (TPSA) is 65.5 Å². The third kappa shape index (κ3) is 4.83. The van der Waals surface area contributed by atoms with Crippen molar-refractivity contribution in [2.75, 3.05) is 29.4 Å². The lowest BCUT2D eigenvalue weighted by molar-refractivity contribution is -0.117. The molecule has 1 N–H and O–H groups in total. The van der Waals surface area contributed by atoms with E-state index in [9.17, 15) is 9.59 Å². The smallest absolute Gasteiger partial charge is 0.244 e. The van der Waals surface area contributed by atoms with E-state index in [1.165, 1.54) is 12.8 Å². The van der Waals surface area contributed by atoms with E-state index in [1.807, 2.05) is 41.3 Å². The van der Waals surface area contributed by atoms with Gasteiger partial charge in [-0.25, -0.2) is 4.98 Å². The molecule has 2 saturated heterocycles. The van der Waals surface area contributed by atoms with Gasteiger partial charge in [-0.1, -0.05) is 12.1 Å². The van der Waals surface area contributed by atoms with Crippen LogP contribution >= 0.6 is 0 Å². The molecule has 2 aliphatic rings. The summed E-state index contributed by atoms with van der Waals surface area (Å²) in [6.45, 7) is 3.36. The second-order valence-corrected chi connectivity index (χ2v) is 7.51. The van der Waals surface area contributed by atoms with Crippen molar-refractivity contribution in [3.8, 4) is 0 Å². The molecule has 6 heteroatoms. The van der Waals surface area contributed by atoms with Gasteiger partial charge in [-0.3, -0.25) is 9.59 Å². The molecule has 1 aromatic carbocycles. The fraction of sp³-hybridized carbons (Fsp3) is 0.348. The maximum absolute atomic E-state index is 12.2. The molecule has 3 heterocycles. The van der Waals surface area contributed by atoms with Gasteiger partial charge in [0.2, 0.25) is 11.8 Å². The Bertz CT molecular complexity index is 901. The minimum atomic E-state index is -0.136. The Morgan fingerprint density at radius 1 is 1.07 bits per heavy atom. The molecular formula is C23H26N4O2. The standard InChI is InChI=1S/C23H26N4O2/c28-22(25-17-19-11-12-24-21(16-19)26-13-1-2-14-26)10-7-18-5-8-20(9-6-18)27-15-3-4-23(27)29/h5-12,16H,1-4,13-15,17H2,(H,25,28). The van der Waals surface area contributed by atoms with Gasteiger partial charge in [0.15, 0.2) is 0 Å². The third-order valence-electron chi connectivity index (χ3n) is 5.41. The van der Waals surface area contributed by atoms with Crippen molar-refractivity contribution >= 4 is 29.4 Å². The van der Waals surface area contributed by atoms with Gasteiger partial charge < -0.3 is 15.1 Å². The summed E-state index contributed by atoms with van der Waals surface area (Å²) in [5.41, 5.74) is 2.89. The summed E-state index contributed by atoms with van der Waals surface area (Å²) in [6, 6.07) is 11.7. The van der Waals surface area contributed by atoms with Gasteiger partial charge in [0, 0.05) is 50.6 Å². The first kappa shape index (κ1) is 19.2. The molecule has 2 aliphatic heterocycles. The molecule has 1 aromatic heterocycles. The van der Waals surface area contributed by atoms with Crippen molar-refractivity contribution in [3.05, 3.63) is 59.8 Å². The van der Waals surface area contributed by atoms with Crippen molar-refractivity contribution in [2.45, 2.75) is 32.2 Å². The molecule has 6 nitrogen and oxygen atoms in total. The van der Waals surface area contributed by atoms with Crippen LogP contribution in [0.5, 0.6) is 0 Å². The van der Waals surface area contributed by atoms with Crippen LogP contribution in [0.4, 0.5) is 11.5 Å². The summed E-state index contributed by atoms with van der Waals surface area (Å²) < 4.78 is 0. The molecule has 0 bridgehead atoms. The highest BCUT2D eigenvalue weighted by atomic mass is 16.2. The highest BCUT2D eigenvalue weighted by molar-refractivity contribution is 5.95. The van der Waals surface area contributed by atoms with Crippen LogP contribution < -0.4 is 15.1 Å². The summed E-state index contributed by atoms with van der Waals surface area (Å²) in [5.74, 6) is 1.03. The Morgan fingerprint density at radius 3 is 2.59 bits per heavy atom. The van der Waals surface area contributed by atoms with Crippen LogP contribution in [0, 0.1) is 0 Å². The highest BCUT2D eigenvalue weighted by Crippen LogP contribution is 2.22. The number of hydrogen-bond donors (Lipinski definition) is 1. The molecule has 29 heavy (non-hydrogen) atoms. The summed E-state index contributed by atoms with van der Waals surface area (Å²) in [4.78, 5) is 32.5. The van der Waals surface area contributed by atoms with E-state index >= 15 is 0 Å². The number of carbonyl (C=O) groups excluding carboxylic acids is 2. The van der Waals surface area contributed by atoms with Crippen LogP contribution in [0.3, 0.4) is 0 Å². The Kier molecular flexibility index (Phi) is 5.89. The summed E-state index contributed by atoms with van der Waals surface area (Å²) in [6.07, 6.45) is 9.09. The summed E-state index contributed by atoms with van der Waals surface area (Å²) >= 11 is 0. The van der Waals surface area contributed by atoms with Gasteiger partial charge in [0.25, 0.3) is 0 Å². The average Bonchev–Trinajstić information content (AvgIpc) is 3.43. The lowest BCUT2D eigenvalue weighted by Gasteiger charge is -2.16. The van der Waals surface area contributed by atoms with Gasteiger partial charge >= 0.3 is 0 Å². The van der Waals surface area contributed by atoms with Gasteiger partial charge in [-0.05, 0) is 60.7 Å². The van der Waals surface area contributed by atoms with Gasteiger partial charge in [-0.15, -0.1) is 0 Å². The largest absolute Gasteiger partial charge is 0.357 e. The summed E-state index contributed by atoms with van der Waals surface area (Å²) in [7, 11) is 0. The molecule has 2 aromatic rings. The number of anilines is 2. The quantitative estimate of drug-likeness (QED) is 0.770. The minimum Gasteiger partial charge on any atom is -0.357 e. The number of aromatic nitrogens is 1. The van der Waals surface area contributed by atoms with Crippen molar-refractivity contribution in [3.63, 3.8) is 0 Å². The van der Waals surface area contributed by atoms with E-state index in [4.69, 9.17) is 0 Å². The third-order valence-corrected chi connectivity index (χ3v) is 5.41. The number of benzene rings is 1. The second kappa shape index (κ2) is 8.90. The maximum atomic E-state index is 12.2. The van der Waals surface area contributed by atoms with E-state index in [-0.39, 0.29) is 11.8 Å². The van der Waals surface area contributed by atoms with Crippen LogP contribution in [-0.4, -0.2) is 36.4 Å². The van der Waals surface area contributed by atoms with Crippen molar-refractivity contribution in [2.24, 2.45) is 0 Å². The lowest BCUT2D eigenvalue weighted by Crippen LogP contribution is -2.23. The van der Waals surface area contributed by atoms with E-state index in [2.05, 4.69) is 15.2 Å². The number of nitrogens with zero attached hydrogens (tertiary/aromatic N) is 3. The fourth-order valence-corrected chi connectivity index (χ4v) is 3.80. The van der Waals surface area contributed by atoms with Crippen LogP contribution in [-0.2, 0) is 16.1 Å². The maximum Gasteiger partial charge on any atom is 0.244 e. The monoisotopic (exact) mass is 390 g/mol. The minimum absolute atomic E-state index is 0.136. The SMILES string of the molecule is O=C(C=Cc1ccc(N2CCCC2=O)cc1)NCc1ccnc(N2CCCC2)c1. The molecule has 0 radical (unpaired) electrons. The first-order chi connectivity index (χ1) is 14.2. The Hall–Kier alpha value is -3.15. The molecule has 0 saturated carbocycles. The zero-order valence-corrected chi connectivity index (χ0v) is 16.5. The van der Waals surface area contributed by atoms with Crippen molar-refractivity contribution in [1.82, 2.24) is 10.3 Å². The molecule has 0 atom stereocenters. The number of hydrogen-bond acceptors (Lipinski definition) is 4. The number of rotatable bonds is 6. The number of amides is 2. The molecule has 2 fully saturated rings. The van der Waals surface area contributed by atoms with E-state index < -0.39 is 0 Å². The second-order valence-electron chi connectivity index (χ2n) is 7.51. The van der Waals surface area contributed by atoms with E-state index in [0.29, 0.717) is 13.0 Å². The zero-order valence-electron chi connectivity index (χ0n) is 16.5. The van der Waals surface area contributed by atoms with E-state index in [0.717, 1.165) is 48.7 Å². The van der Waals surface area contributed by atoms with Gasteiger partial charge in [0.05, 0.1) is 0 Å². The predicted octanol–water partition coefficient (Wildman–Crippen LogP) is 3.14. The molecule has 0 aliphatic carbocycles.